The zero-order valence-electron chi connectivity index (χ0n) is 27.6. The van der Waals surface area contributed by atoms with Gasteiger partial charge in [0.2, 0.25) is 0 Å². The van der Waals surface area contributed by atoms with Gasteiger partial charge in [-0.25, -0.2) is 0 Å². The van der Waals surface area contributed by atoms with Gasteiger partial charge < -0.3 is 30.9 Å². The maximum atomic E-state index is 13.6. The number of ether oxygens (including phenoxy) is 1. The van der Waals surface area contributed by atoms with Gasteiger partial charge in [0.05, 0.1) is 11.8 Å². The molecule has 0 saturated carbocycles. The van der Waals surface area contributed by atoms with Crippen molar-refractivity contribution < 1.29 is 29.3 Å². The summed E-state index contributed by atoms with van der Waals surface area (Å²) >= 11 is 0. The maximum absolute atomic E-state index is 13.6. The number of carboxylic acids is 2. The van der Waals surface area contributed by atoms with Crippen LogP contribution in [0.1, 0.15) is 89.5 Å². The zero-order chi connectivity index (χ0) is 33.0. The molecule has 1 saturated heterocycles. The third kappa shape index (κ3) is 13.7. The van der Waals surface area contributed by atoms with Crippen LogP contribution in [0.25, 0.3) is 10.9 Å². The Morgan fingerprint density at radius 2 is 1.61 bits per heavy atom. The number of esters is 1. The zero-order valence-corrected chi connectivity index (χ0v) is 27.6. The van der Waals surface area contributed by atoms with Crippen molar-refractivity contribution in [2.45, 2.75) is 90.5 Å². The molecule has 46 heavy (non-hydrogen) atoms. The summed E-state index contributed by atoms with van der Waals surface area (Å²) in [6, 6.07) is 7.82. The van der Waals surface area contributed by atoms with Gasteiger partial charge in [0.1, 0.15) is 5.52 Å². The molecule has 11 nitrogen and oxygen atoms in total. The number of hydrogen-bond donors (Lipinski definition) is 5. The smallest absolute Gasteiger partial charge is 0.314 e. The molecule has 11 heteroatoms. The third-order valence-electron chi connectivity index (χ3n) is 8.69. The van der Waals surface area contributed by atoms with Gasteiger partial charge in [0.15, 0.2) is 5.75 Å². The van der Waals surface area contributed by atoms with Gasteiger partial charge in [-0.3, -0.25) is 24.3 Å². The molecule has 1 aliphatic rings. The predicted octanol–water partition coefficient (Wildman–Crippen LogP) is 4.78. The van der Waals surface area contributed by atoms with Crippen molar-refractivity contribution in [3.63, 3.8) is 0 Å². The van der Waals surface area contributed by atoms with E-state index in [0.717, 1.165) is 95.5 Å². The minimum absolute atomic E-state index is 0.0409. The second-order valence-electron chi connectivity index (χ2n) is 12.4. The summed E-state index contributed by atoms with van der Waals surface area (Å²) in [5, 5.41) is 30.0. The topological polar surface area (TPSA) is 153 Å². The number of carbonyl (C=O) groups excluding carboxylic acids is 1. The molecule has 1 aromatic heterocycles. The predicted molar refractivity (Wildman–Crippen MR) is 180 cm³/mol. The molecule has 5 N–H and O–H groups in total. The molecule has 2 unspecified atom stereocenters. The molecule has 1 fully saturated rings. The number of rotatable bonds is 18. The molecule has 0 spiro atoms. The Morgan fingerprint density at radius 1 is 0.870 bits per heavy atom. The SMILES string of the molecule is CCCCCCC(CCCC(CCCC(=O)O)C(=O)O)C(=O)Oc1ccc(CN2CCNCCCNCCNC2)c2cccnc12. The van der Waals surface area contributed by atoms with Gasteiger partial charge in [-0.05, 0) is 69.3 Å². The van der Waals surface area contributed by atoms with Crippen LogP contribution in [0.4, 0.5) is 0 Å². The minimum atomic E-state index is -0.921. The summed E-state index contributed by atoms with van der Waals surface area (Å²) < 4.78 is 6.05. The number of hydrogen-bond acceptors (Lipinski definition) is 9. The fraction of sp³-hybridized carbons (Fsp3) is 0.657. The van der Waals surface area contributed by atoms with Crippen LogP contribution in [-0.4, -0.2) is 83.9 Å². The van der Waals surface area contributed by atoms with Crippen LogP contribution in [0.5, 0.6) is 5.75 Å². The molecule has 0 amide bonds. The quantitative estimate of drug-likeness (QED) is 0.0868. The van der Waals surface area contributed by atoms with Gasteiger partial charge >= 0.3 is 17.9 Å². The lowest BCUT2D eigenvalue weighted by Gasteiger charge is -2.25. The van der Waals surface area contributed by atoms with Gasteiger partial charge in [-0.1, -0.05) is 51.2 Å². The molecule has 256 valence electrons. The highest BCUT2D eigenvalue weighted by molar-refractivity contribution is 5.90. The average molecular weight is 642 g/mol. The van der Waals surface area contributed by atoms with E-state index in [1.54, 1.807) is 6.20 Å². The number of unbranched alkanes of at least 4 members (excludes halogenated alkanes) is 3. The normalized spacial score (nSPS) is 16.6. The Hall–Kier alpha value is -3.12. The lowest BCUT2D eigenvalue weighted by atomic mass is 9.90. The summed E-state index contributed by atoms with van der Waals surface area (Å²) in [5.74, 6) is -2.66. The summed E-state index contributed by atoms with van der Waals surface area (Å²) in [5.41, 5.74) is 1.78. The number of fused-ring (bicyclic) bond motifs is 1. The number of aromatic nitrogens is 1. The van der Waals surface area contributed by atoms with E-state index in [1.165, 1.54) is 0 Å². The molecule has 2 aromatic rings. The van der Waals surface area contributed by atoms with Gasteiger partial charge in [0.25, 0.3) is 0 Å². The van der Waals surface area contributed by atoms with Crippen LogP contribution in [0.15, 0.2) is 30.5 Å². The van der Waals surface area contributed by atoms with E-state index < -0.39 is 17.9 Å². The standard InChI is InChI=1S/C35H55N5O6/c1-2-3-4-5-10-28(13-6-11-27(34(43)44)12-7-15-32(41)42)35(45)46-31-17-16-29(30-14-8-20-39-33(30)31)25-40-24-23-37-19-9-18-36-21-22-38-26-40/h8,14,16-17,20,27-28,36-38H,2-7,9-13,15,18-19,21-26H2,1H3,(H,41,42)(H,43,44). The third-order valence-corrected chi connectivity index (χ3v) is 8.69. The monoisotopic (exact) mass is 641 g/mol. The van der Waals surface area contributed by atoms with Gasteiger partial charge in [-0.15, -0.1) is 0 Å². The first-order valence-electron chi connectivity index (χ1n) is 17.3. The second kappa shape index (κ2) is 21.6. The number of nitrogens with one attached hydrogen (secondary N) is 3. The number of aliphatic carboxylic acids is 2. The Labute approximate surface area is 273 Å². The number of carbonyl (C=O) groups is 3. The number of carboxylic acid groups (broad SMARTS) is 2. The first-order chi connectivity index (χ1) is 22.4. The Kier molecular flexibility index (Phi) is 17.6. The Morgan fingerprint density at radius 3 is 2.39 bits per heavy atom. The molecule has 1 aromatic carbocycles. The van der Waals surface area contributed by atoms with Crippen molar-refractivity contribution in [2.75, 3.05) is 45.9 Å². The highest BCUT2D eigenvalue weighted by Gasteiger charge is 2.24. The second-order valence-corrected chi connectivity index (χ2v) is 12.4. The Bertz CT molecular complexity index is 1200. The maximum Gasteiger partial charge on any atom is 0.314 e. The molecule has 0 radical (unpaired) electrons. The van der Waals surface area contributed by atoms with Crippen LogP contribution in [0.2, 0.25) is 0 Å². The fourth-order valence-electron chi connectivity index (χ4n) is 6.01. The van der Waals surface area contributed by atoms with E-state index in [1.807, 2.05) is 24.3 Å². The van der Waals surface area contributed by atoms with Crippen molar-refractivity contribution in [3.05, 3.63) is 36.0 Å². The van der Waals surface area contributed by atoms with E-state index >= 15 is 0 Å². The first kappa shape index (κ1) is 37.3. The van der Waals surface area contributed by atoms with Crippen LogP contribution in [-0.2, 0) is 20.9 Å². The van der Waals surface area contributed by atoms with Crippen LogP contribution in [0, 0.1) is 11.8 Å². The van der Waals surface area contributed by atoms with E-state index in [0.29, 0.717) is 49.8 Å². The van der Waals surface area contributed by atoms with Gasteiger partial charge in [0, 0.05) is 57.4 Å². The average Bonchev–Trinajstić information content (AvgIpc) is 3.03. The molecular formula is C35H55N5O6. The van der Waals surface area contributed by atoms with E-state index in [-0.39, 0.29) is 18.3 Å². The Balaban J connectivity index is 1.69. The van der Waals surface area contributed by atoms with E-state index in [9.17, 15) is 19.5 Å². The first-order valence-corrected chi connectivity index (χ1v) is 17.3. The molecule has 0 aliphatic carbocycles. The highest BCUT2D eigenvalue weighted by atomic mass is 16.5. The van der Waals surface area contributed by atoms with Crippen molar-refractivity contribution in [3.8, 4) is 5.75 Å². The van der Waals surface area contributed by atoms with Crippen molar-refractivity contribution in [1.29, 1.82) is 0 Å². The summed E-state index contributed by atoms with van der Waals surface area (Å²) in [4.78, 5) is 43.2. The number of pyridine rings is 1. The number of nitrogens with zero attached hydrogens (tertiary/aromatic N) is 2. The lowest BCUT2D eigenvalue weighted by Crippen LogP contribution is -2.41. The van der Waals surface area contributed by atoms with Crippen LogP contribution in [0.3, 0.4) is 0 Å². The van der Waals surface area contributed by atoms with E-state index in [2.05, 4.69) is 32.8 Å². The van der Waals surface area contributed by atoms with E-state index in [4.69, 9.17) is 9.84 Å². The summed E-state index contributed by atoms with van der Waals surface area (Å²) in [6.07, 6.45) is 9.74. The minimum Gasteiger partial charge on any atom is -0.481 e. The van der Waals surface area contributed by atoms with Crippen LogP contribution < -0.4 is 20.7 Å². The fourth-order valence-corrected chi connectivity index (χ4v) is 6.01. The molecule has 2 atom stereocenters. The van der Waals surface area contributed by atoms with Crippen molar-refractivity contribution >= 4 is 28.8 Å². The molecule has 1 aliphatic heterocycles. The van der Waals surface area contributed by atoms with Gasteiger partial charge in [-0.2, -0.15) is 0 Å². The highest BCUT2D eigenvalue weighted by Crippen LogP contribution is 2.30. The molecule has 2 heterocycles. The largest absolute Gasteiger partial charge is 0.481 e. The van der Waals surface area contributed by atoms with Crippen molar-refractivity contribution in [1.82, 2.24) is 25.8 Å². The number of benzene rings is 1. The van der Waals surface area contributed by atoms with Crippen LogP contribution >= 0.6 is 0 Å². The lowest BCUT2D eigenvalue weighted by molar-refractivity contribution is -0.143. The molecule has 3 rings (SSSR count). The molecule has 0 bridgehead atoms. The van der Waals surface area contributed by atoms with Crippen molar-refractivity contribution in [2.24, 2.45) is 11.8 Å². The summed E-state index contributed by atoms with van der Waals surface area (Å²) in [6.45, 7) is 9.32. The summed E-state index contributed by atoms with van der Waals surface area (Å²) in [7, 11) is 0. The molecular weight excluding hydrogens is 586 g/mol.